The van der Waals surface area contributed by atoms with E-state index in [4.69, 9.17) is 0 Å². The Bertz CT molecular complexity index is 495. The zero-order valence-corrected chi connectivity index (χ0v) is 9.87. The lowest BCUT2D eigenvalue weighted by Crippen LogP contribution is -2.18. The fourth-order valence-electron chi connectivity index (χ4n) is 1.60. The van der Waals surface area contributed by atoms with Crippen molar-refractivity contribution in [1.82, 2.24) is 20.5 Å². The van der Waals surface area contributed by atoms with Crippen LogP contribution in [0.15, 0.2) is 24.7 Å². The van der Waals surface area contributed by atoms with Crippen molar-refractivity contribution in [2.75, 3.05) is 0 Å². The Morgan fingerprint density at radius 3 is 2.88 bits per heavy atom. The molecule has 0 aromatic carbocycles. The quantitative estimate of drug-likeness (QED) is 0.851. The summed E-state index contributed by atoms with van der Waals surface area (Å²) in [6.45, 7) is 4.64. The van der Waals surface area contributed by atoms with Gasteiger partial charge < -0.3 is 5.32 Å². The number of aromatic amines is 1. The van der Waals surface area contributed by atoms with Gasteiger partial charge in [0.25, 0.3) is 0 Å². The topological polar surface area (TPSA) is 53.6 Å². The minimum atomic E-state index is -0.310. The second-order valence-corrected chi connectivity index (χ2v) is 4.06. The van der Waals surface area contributed by atoms with E-state index < -0.39 is 0 Å². The van der Waals surface area contributed by atoms with Crippen molar-refractivity contribution in [3.8, 4) is 0 Å². The van der Waals surface area contributed by atoms with E-state index in [1.165, 1.54) is 12.3 Å². The molecular formula is C12H15FN4. The van der Waals surface area contributed by atoms with Crippen LogP contribution in [0.4, 0.5) is 4.39 Å². The van der Waals surface area contributed by atoms with Gasteiger partial charge >= 0.3 is 0 Å². The summed E-state index contributed by atoms with van der Waals surface area (Å²) < 4.78 is 13.0. The van der Waals surface area contributed by atoms with Gasteiger partial charge in [0, 0.05) is 30.0 Å². The fourth-order valence-corrected chi connectivity index (χ4v) is 1.60. The van der Waals surface area contributed by atoms with Crippen LogP contribution in [0.25, 0.3) is 0 Å². The molecule has 0 aliphatic heterocycles. The lowest BCUT2D eigenvalue weighted by atomic mass is 10.1. The van der Waals surface area contributed by atoms with E-state index >= 15 is 0 Å². The minimum absolute atomic E-state index is 0.0486. The maximum absolute atomic E-state index is 13.0. The second kappa shape index (κ2) is 5.05. The highest BCUT2D eigenvalue weighted by Crippen LogP contribution is 2.13. The second-order valence-electron chi connectivity index (χ2n) is 4.06. The highest BCUT2D eigenvalue weighted by atomic mass is 19.1. The van der Waals surface area contributed by atoms with Crippen molar-refractivity contribution in [1.29, 1.82) is 0 Å². The molecule has 0 aliphatic carbocycles. The van der Waals surface area contributed by atoms with Gasteiger partial charge in [-0.05, 0) is 25.5 Å². The summed E-state index contributed by atoms with van der Waals surface area (Å²) in [6, 6.07) is 1.54. The van der Waals surface area contributed by atoms with Gasteiger partial charge in [-0.15, -0.1) is 0 Å². The molecule has 0 fully saturated rings. The van der Waals surface area contributed by atoms with E-state index in [9.17, 15) is 4.39 Å². The Hall–Kier alpha value is -1.75. The third-order valence-corrected chi connectivity index (χ3v) is 2.76. The molecule has 0 spiro atoms. The van der Waals surface area contributed by atoms with E-state index in [1.807, 2.05) is 13.8 Å². The van der Waals surface area contributed by atoms with E-state index in [-0.39, 0.29) is 11.9 Å². The molecule has 0 bridgehead atoms. The van der Waals surface area contributed by atoms with Crippen LogP contribution < -0.4 is 5.32 Å². The van der Waals surface area contributed by atoms with Crippen molar-refractivity contribution in [2.45, 2.75) is 26.4 Å². The Kier molecular flexibility index (Phi) is 3.49. The third-order valence-electron chi connectivity index (χ3n) is 2.76. The molecule has 0 aliphatic rings. The summed E-state index contributed by atoms with van der Waals surface area (Å²) in [6.07, 6.45) is 4.66. The van der Waals surface area contributed by atoms with Crippen molar-refractivity contribution in [3.05, 3.63) is 47.3 Å². The number of hydrogen-bond acceptors (Lipinski definition) is 3. The Balaban J connectivity index is 1.98. The molecule has 0 radical (unpaired) electrons. The van der Waals surface area contributed by atoms with Crippen molar-refractivity contribution >= 4 is 0 Å². The van der Waals surface area contributed by atoms with Crippen LogP contribution in [0.5, 0.6) is 0 Å². The lowest BCUT2D eigenvalue weighted by Gasteiger charge is -2.13. The number of pyridine rings is 1. The van der Waals surface area contributed by atoms with E-state index in [0.717, 1.165) is 16.8 Å². The number of hydrogen-bond donors (Lipinski definition) is 2. The number of rotatable bonds is 4. The van der Waals surface area contributed by atoms with Gasteiger partial charge in [0.1, 0.15) is 5.82 Å². The average molecular weight is 234 g/mol. The number of nitrogens with zero attached hydrogens (tertiary/aromatic N) is 2. The molecule has 90 valence electrons. The van der Waals surface area contributed by atoms with Gasteiger partial charge in [-0.25, -0.2) is 4.39 Å². The first-order valence-corrected chi connectivity index (χ1v) is 5.49. The van der Waals surface area contributed by atoms with E-state index in [1.54, 1.807) is 12.4 Å². The van der Waals surface area contributed by atoms with Crippen LogP contribution >= 0.6 is 0 Å². The molecule has 2 aromatic heterocycles. The molecule has 0 saturated carbocycles. The summed E-state index contributed by atoms with van der Waals surface area (Å²) in [4.78, 5) is 3.83. The Morgan fingerprint density at radius 1 is 1.41 bits per heavy atom. The summed E-state index contributed by atoms with van der Waals surface area (Å²) >= 11 is 0. The molecule has 2 rings (SSSR count). The molecule has 1 unspecified atom stereocenters. The molecule has 17 heavy (non-hydrogen) atoms. The molecule has 5 heteroatoms. The smallest absolute Gasteiger partial charge is 0.141 e. The average Bonchev–Trinajstić information content (AvgIpc) is 2.72. The summed E-state index contributed by atoms with van der Waals surface area (Å²) in [5.74, 6) is -0.310. The van der Waals surface area contributed by atoms with Crippen LogP contribution in [0, 0.1) is 12.7 Å². The van der Waals surface area contributed by atoms with Crippen LogP contribution in [0.1, 0.15) is 29.8 Å². The molecule has 1 atom stereocenters. The van der Waals surface area contributed by atoms with Gasteiger partial charge in [-0.2, -0.15) is 5.10 Å². The number of aromatic nitrogens is 3. The first kappa shape index (κ1) is 11.7. The zero-order chi connectivity index (χ0) is 12.3. The first-order valence-electron chi connectivity index (χ1n) is 5.49. The normalized spacial score (nSPS) is 12.6. The number of halogens is 1. The van der Waals surface area contributed by atoms with Crippen molar-refractivity contribution in [3.63, 3.8) is 0 Å². The number of H-pyrrole nitrogens is 1. The summed E-state index contributed by atoms with van der Waals surface area (Å²) in [5.41, 5.74) is 2.99. The molecule has 0 amide bonds. The lowest BCUT2D eigenvalue weighted by molar-refractivity contribution is 0.560. The summed E-state index contributed by atoms with van der Waals surface area (Å²) in [5, 5.41) is 10.1. The minimum Gasteiger partial charge on any atom is -0.306 e. The van der Waals surface area contributed by atoms with Crippen molar-refractivity contribution in [2.24, 2.45) is 0 Å². The molecular weight excluding hydrogens is 219 g/mol. The van der Waals surface area contributed by atoms with Gasteiger partial charge in [0.2, 0.25) is 0 Å². The standard InChI is InChI=1S/C12H15FN4/c1-8(10-3-12(13)7-14-4-10)15-5-11-6-16-17-9(11)2/h3-4,6-8,15H,5H2,1-2H3,(H,16,17). The van der Waals surface area contributed by atoms with Crippen LogP contribution in [0.2, 0.25) is 0 Å². The molecule has 4 nitrogen and oxygen atoms in total. The molecule has 2 N–H and O–H groups in total. The van der Waals surface area contributed by atoms with Crippen LogP contribution in [-0.4, -0.2) is 15.2 Å². The Morgan fingerprint density at radius 2 is 2.24 bits per heavy atom. The predicted molar refractivity (Wildman–Crippen MR) is 62.8 cm³/mol. The fraction of sp³-hybridized carbons (Fsp3) is 0.333. The van der Waals surface area contributed by atoms with Crippen LogP contribution in [0.3, 0.4) is 0 Å². The van der Waals surface area contributed by atoms with E-state index in [2.05, 4.69) is 20.5 Å². The predicted octanol–water partition coefficient (Wildman–Crippen LogP) is 2.10. The number of aryl methyl sites for hydroxylation is 1. The zero-order valence-electron chi connectivity index (χ0n) is 9.87. The largest absolute Gasteiger partial charge is 0.306 e. The molecule has 0 saturated heterocycles. The summed E-state index contributed by atoms with van der Waals surface area (Å²) in [7, 11) is 0. The van der Waals surface area contributed by atoms with Gasteiger partial charge in [-0.1, -0.05) is 0 Å². The van der Waals surface area contributed by atoms with Gasteiger partial charge in [-0.3, -0.25) is 10.1 Å². The maximum Gasteiger partial charge on any atom is 0.141 e. The highest BCUT2D eigenvalue weighted by molar-refractivity contribution is 5.17. The van der Waals surface area contributed by atoms with Crippen molar-refractivity contribution < 1.29 is 4.39 Å². The van der Waals surface area contributed by atoms with E-state index in [0.29, 0.717) is 6.54 Å². The number of nitrogens with one attached hydrogen (secondary N) is 2. The van der Waals surface area contributed by atoms with Crippen LogP contribution in [-0.2, 0) is 6.54 Å². The Labute approximate surface area is 99.3 Å². The SMILES string of the molecule is Cc1[nH]ncc1CNC(C)c1cncc(F)c1. The van der Waals surface area contributed by atoms with Gasteiger partial charge in [0.15, 0.2) is 0 Å². The molecule has 2 aromatic rings. The third kappa shape index (κ3) is 2.88. The first-order chi connectivity index (χ1) is 8.16. The maximum atomic E-state index is 13.0. The highest BCUT2D eigenvalue weighted by Gasteiger charge is 2.07. The van der Waals surface area contributed by atoms with Gasteiger partial charge in [0.05, 0.1) is 12.4 Å². The molecule has 2 heterocycles. The monoisotopic (exact) mass is 234 g/mol.